The van der Waals surface area contributed by atoms with E-state index in [9.17, 15) is 4.79 Å². The van der Waals surface area contributed by atoms with Gasteiger partial charge in [0.2, 0.25) is 5.91 Å². The molecule has 116 valence electrons. The Balaban J connectivity index is 1.92. The lowest BCUT2D eigenvalue weighted by molar-refractivity contribution is -0.114. The largest absolute Gasteiger partial charge is 0.494 e. The lowest BCUT2D eigenvalue weighted by Gasteiger charge is -2.10. The van der Waals surface area contributed by atoms with Crippen LogP contribution in [-0.2, 0) is 4.79 Å². The van der Waals surface area contributed by atoms with Crippen molar-refractivity contribution in [2.75, 3.05) is 23.8 Å². The molecule has 2 rings (SSSR count). The number of halogens is 2. The molecule has 0 aliphatic carbocycles. The van der Waals surface area contributed by atoms with Crippen LogP contribution in [0.25, 0.3) is 0 Å². The zero-order valence-electron chi connectivity index (χ0n) is 12.0. The standard InChI is InChI=1S/C16H16Cl2N2O2/c1-2-22-13-5-3-4-12(9-13)19-10-16(21)20-15-8-11(17)6-7-14(15)18/h3-9,19H,2,10H2,1H3,(H,20,21). The van der Waals surface area contributed by atoms with E-state index in [1.807, 2.05) is 31.2 Å². The first kappa shape index (κ1) is 16.5. The highest BCUT2D eigenvalue weighted by atomic mass is 35.5. The van der Waals surface area contributed by atoms with E-state index >= 15 is 0 Å². The maximum absolute atomic E-state index is 12.0. The van der Waals surface area contributed by atoms with Gasteiger partial charge in [0.15, 0.2) is 0 Å². The van der Waals surface area contributed by atoms with Crippen LogP contribution in [0.3, 0.4) is 0 Å². The molecule has 0 spiro atoms. The van der Waals surface area contributed by atoms with Crippen LogP contribution in [0.1, 0.15) is 6.92 Å². The molecule has 0 unspecified atom stereocenters. The van der Waals surface area contributed by atoms with E-state index < -0.39 is 0 Å². The minimum absolute atomic E-state index is 0.110. The molecule has 0 saturated carbocycles. The van der Waals surface area contributed by atoms with Crippen molar-refractivity contribution in [1.82, 2.24) is 0 Å². The Morgan fingerprint density at radius 2 is 2.00 bits per heavy atom. The van der Waals surface area contributed by atoms with Gasteiger partial charge in [-0.1, -0.05) is 29.3 Å². The molecule has 22 heavy (non-hydrogen) atoms. The molecule has 0 atom stereocenters. The Morgan fingerprint density at radius 3 is 2.77 bits per heavy atom. The molecule has 1 amide bonds. The third-order valence-electron chi connectivity index (χ3n) is 2.80. The van der Waals surface area contributed by atoms with Crippen LogP contribution in [0.5, 0.6) is 5.75 Å². The molecule has 0 saturated heterocycles. The number of carbonyl (C=O) groups is 1. The van der Waals surface area contributed by atoms with Gasteiger partial charge in [-0.15, -0.1) is 0 Å². The molecule has 2 aromatic rings. The van der Waals surface area contributed by atoms with Crippen LogP contribution in [0.2, 0.25) is 10.0 Å². The van der Waals surface area contributed by atoms with E-state index in [2.05, 4.69) is 10.6 Å². The predicted octanol–water partition coefficient (Wildman–Crippen LogP) is 4.44. The van der Waals surface area contributed by atoms with Gasteiger partial charge in [-0.3, -0.25) is 4.79 Å². The highest BCUT2D eigenvalue weighted by Gasteiger charge is 2.07. The number of nitrogens with one attached hydrogen (secondary N) is 2. The molecular weight excluding hydrogens is 323 g/mol. The number of benzene rings is 2. The summed E-state index contributed by atoms with van der Waals surface area (Å²) >= 11 is 11.9. The molecule has 0 bridgehead atoms. The highest BCUT2D eigenvalue weighted by Crippen LogP contribution is 2.25. The molecule has 0 aliphatic heterocycles. The molecule has 0 heterocycles. The van der Waals surface area contributed by atoms with Crippen molar-refractivity contribution in [3.8, 4) is 5.75 Å². The smallest absolute Gasteiger partial charge is 0.243 e. The molecule has 2 aromatic carbocycles. The Morgan fingerprint density at radius 1 is 1.18 bits per heavy atom. The zero-order chi connectivity index (χ0) is 15.9. The van der Waals surface area contributed by atoms with Crippen LogP contribution in [-0.4, -0.2) is 19.1 Å². The van der Waals surface area contributed by atoms with Crippen LogP contribution < -0.4 is 15.4 Å². The summed E-state index contributed by atoms with van der Waals surface area (Å²) in [6.07, 6.45) is 0. The number of hydrogen-bond donors (Lipinski definition) is 2. The molecule has 2 N–H and O–H groups in total. The summed E-state index contributed by atoms with van der Waals surface area (Å²) in [6.45, 7) is 2.62. The van der Waals surface area contributed by atoms with Crippen molar-refractivity contribution in [3.05, 3.63) is 52.5 Å². The monoisotopic (exact) mass is 338 g/mol. The van der Waals surface area contributed by atoms with Crippen LogP contribution in [0, 0.1) is 0 Å². The Labute approximate surface area is 139 Å². The quantitative estimate of drug-likeness (QED) is 0.818. The molecular formula is C16H16Cl2N2O2. The van der Waals surface area contributed by atoms with Crippen molar-refractivity contribution in [2.24, 2.45) is 0 Å². The summed E-state index contributed by atoms with van der Waals surface area (Å²) in [4.78, 5) is 12.0. The SMILES string of the molecule is CCOc1cccc(NCC(=O)Nc2cc(Cl)ccc2Cl)c1. The maximum Gasteiger partial charge on any atom is 0.243 e. The summed E-state index contributed by atoms with van der Waals surface area (Å²) in [5, 5.41) is 6.69. The van der Waals surface area contributed by atoms with E-state index in [4.69, 9.17) is 27.9 Å². The third-order valence-corrected chi connectivity index (χ3v) is 3.37. The fourth-order valence-electron chi connectivity index (χ4n) is 1.83. The molecule has 0 aliphatic rings. The number of anilines is 2. The summed E-state index contributed by atoms with van der Waals surface area (Å²) < 4.78 is 5.41. The first-order valence-electron chi connectivity index (χ1n) is 6.80. The summed E-state index contributed by atoms with van der Waals surface area (Å²) in [6, 6.07) is 12.3. The predicted molar refractivity (Wildman–Crippen MR) is 91.2 cm³/mol. The summed E-state index contributed by atoms with van der Waals surface area (Å²) in [5.41, 5.74) is 1.29. The van der Waals surface area contributed by atoms with Crippen molar-refractivity contribution in [3.63, 3.8) is 0 Å². The average Bonchev–Trinajstić information content (AvgIpc) is 2.50. The van der Waals surface area contributed by atoms with Gasteiger partial charge in [0.25, 0.3) is 0 Å². The van der Waals surface area contributed by atoms with Gasteiger partial charge in [0.1, 0.15) is 5.75 Å². The Hall–Kier alpha value is -1.91. The fraction of sp³-hybridized carbons (Fsp3) is 0.188. The molecule has 4 nitrogen and oxygen atoms in total. The van der Waals surface area contributed by atoms with Crippen molar-refractivity contribution >= 4 is 40.5 Å². The first-order chi connectivity index (χ1) is 10.6. The van der Waals surface area contributed by atoms with Crippen LogP contribution in [0.15, 0.2) is 42.5 Å². The number of carbonyl (C=O) groups excluding carboxylic acids is 1. The van der Waals surface area contributed by atoms with Gasteiger partial charge in [-0.25, -0.2) is 0 Å². The van der Waals surface area contributed by atoms with Crippen molar-refractivity contribution in [1.29, 1.82) is 0 Å². The number of ether oxygens (including phenoxy) is 1. The maximum atomic E-state index is 12.0. The Kier molecular flexibility index (Phi) is 5.92. The molecule has 0 aromatic heterocycles. The third kappa shape index (κ3) is 4.83. The normalized spacial score (nSPS) is 10.1. The van der Waals surface area contributed by atoms with E-state index in [-0.39, 0.29) is 12.5 Å². The zero-order valence-corrected chi connectivity index (χ0v) is 13.5. The minimum Gasteiger partial charge on any atom is -0.494 e. The van der Waals surface area contributed by atoms with Crippen molar-refractivity contribution < 1.29 is 9.53 Å². The fourth-order valence-corrected chi connectivity index (χ4v) is 2.17. The Bertz CT molecular complexity index is 662. The van der Waals surface area contributed by atoms with Gasteiger partial charge in [0.05, 0.1) is 23.9 Å². The topological polar surface area (TPSA) is 50.4 Å². The van der Waals surface area contributed by atoms with Gasteiger partial charge >= 0.3 is 0 Å². The van der Waals surface area contributed by atoms with Crippen LogP contribution >= 0.6 is 23.2 Å². The summed E-state index contributed by atoms with van der Waals surface area (Å²) in [5.74, 6) is 0.539. The van der Waals surface area contributed by atoms with E-state index in [0.717, 1.165) is 11.4 Å². The lowest BCUT2D eigenvalue weighted by Crippen LogP contribution is -2.21. The van der Waals surface area contributed by atoms with E-state index in [1.165, 1.54) is 0 Å². The van der Waals surface area contributed by atoms with Crippen LogP contribution in [0.4, 0.5) is 11.4 Å². The number of amides is 1. The summed E-state index contributed by atoms with van der Waals surface area (Å²) in [7, 11) is 0. The van der Waals surface area contributed by atoms with Gasteiger partial charge < -0.3 is 15.4 Å². The van der Waals surface area contributed by atoms with E-state index in [1.54, 1.807) is 18.2 Å². The lowest BCUT2D eigenvalue weighted by atomic mass is 10.3. The van der Waals surface area contributed by atoms with E-state index in [0.29, 0.717) is 22.3 Å². The molecule has 0 fully saturated rings. The first-order valence-corrected chi connectivity index (χ1v) is 7.55. The van der Waals surface area contributed by atoms with Gasteiger partial charge in [0, 0.05) is 16.8 Å². The van der Waals surface area contributed by atoms with Gasteiger partial charge in [-0.2, -0.15) is 0 Å². The second kappa shape index (κ2) is 7.92. The van der Waals surface area contributed by atoms with Gasteiger partial charge in [-0.05, 0) is 37.3 Å². The number of rotatable bonds is 6. The highest BCUT2D eigenvalue weighted by molar-refractivity contribution is 6.35. The average molecular weight is 339 g/mol. The second-order valence-electron chi connectivity index (χ2n) is 4.49. The molecule has 0 radical (unpaired) electrons. The molecule has 6 heteroatoms. The minimum atomic E-state index is -0.217. The second-order valence-corrected chi connectivity index (χ2v) is 5.33. The number of hydrogen-bond acceptors (Lipinski definition) is 3. The van der Waals surface area contributed by atoms with Crippen molar-refractivity contribution in [2.45, 2.75) is 6.92 Å².